The van der Waals surface area contributed by atoms with Gasteiger partial charge in [0, 0.05) is 45.7 Å². The first-order chi connectivity index (χ1) is 16.2. The molecule has 0 aliphatic carbocycles. The average Bonchev–Trinajstić information content (AvgIpc) is 3.29. The molecular weight excluding hydrogens is 418 g/mol. The Morgan fingerprint density at radius 1 is 1.09 bits per heavy atom. The molecule has 174 valence electrons. The zero-order valence-corrected chi connectivity index (χ0v) is 18.8. The van der Waals surface area contributed by atoms with E-state index in [4.69, 9.17) is 9.94 Å². The molecule has 0 saturated carbocycles. The van der Waals surface area contributed by atoms with Crippen LogP contribution >= 0.6 is 0 Å². The number of hydrogen-bond donors (Lipinski definition) is 2. The van der Waals surface area contributed by atoms with Crippen molar-refractivity contribution < 1.29 is 14.7 Å². The standard InChI is InChI=1S/C25H31N5O3/c31-25(32)19-30-14-12-29(13-15-30)18-23-16-24(28-33-23)22-8-6-21(7-9-22)17-27-26-11-10-20-4-2-1-3-5-20/h1-9,17,23,26H,10-16,18-19H2,(H,31,32)/b27-17+. The van der Waals surface area contributed by atoms with Gasteiger partial charge < -0.3 is 15.4 Å². The molecule has 8 heteroatoms. The van der Waals surface area contributed by atoms with Gasteiger partial charge in [0.1, 0.15) is 6.10 Å². The number of hydrogen-bond acceptors (Lipinski definition) is 7. The minimum absolute atomic E-state index is 0.0427. The minimum atomic E-state index is -0.766. The van der Waals surface area contributed by atoms with Crippen LogP contribution in [0.15, 0.2) is 64.9 Å². The number of piperazine rings is 1. The summed E-state index contributed by atoms with van der Waals surface area (Å²) >= 11 is 0. The molecule has 0 spiro atoms. The van der Waals surface area contributed by atoms with Crippen molar-refractivity contribution in [2.45, 2.75) is 18.9 Å². The van der Waals surface area contributed by atoms with E-state index < -0.39 is 5.97 Å². The summed E-state index contributed by atoms with van der Waals surface area (Å²) < 4.78 is 0. The molecule has 2 aromatic carbocycles. The lowest BCUT2D eigenvalue weighted by atomic mass is 10.0. The summed E-state index contributed by atoms with van der Waals surface area (Å²) in [5.41, 5.74) is 7.46. The van der Waals surface area contributed by atoms with Crippen molar-refractivity contribution in [2.24, 2.45) is 10.3 Å². The van der Waals surface area contributed by atoms with Crippen LogP contribution in [0.1, 0.15) is 23.1 Å². The monoisotopic (exact) mass is 449 g/mol. The fraction of sp³-hybridized carbons (Fsp3) is 0.400. The largest absolute Gasteiger partial charge is 0.480 e. The molecule has 1 atom stereocenters. The number of aliphatic carboxylic acids is 1. The summed E-state index contributed by atoms with van der Waals surface area (Å²) in [6, 6.07) is 18.5. The van der Waals surface area contributed by atoms with Crippen LogP contribution in [-0.4, -0.2) is 84.7 Å². The second-order valence-corrected chi connectivity index (χ2v) is 8.46. The van der Waals surface area contributed by atoms with Crippen molar-refractivity contribution in [1.82, 2.24) is 15.2 Å². The first kappa shape index (κ1) is 22.9. The molecule has 2 aromatic rings. The third-order valence-electron chi connectivity index (χ3n) is 5.94. The van der Waals surface area contributed by atoms with Crippen LogP contribution in [0, 0.1) is 0 Å². The predicted octanol–water partition coefficient (Wildman–Crippen LogP) is 2.05. The summed E-state index contributed by atoms with van der Waals surface area (Å²) in [6.07, 6.45) is 3.59. The summed E-state index contributed by atoms with van der Waals surface area (Å²) in [4.78, 5) is 20.8. The molecule has 2 aliphatic heterocycles. The Hall–Kier alpha value is -3.23. The van der Waals surface area contributed by atoms with Crippen molar-refractivity contribution >= 4 is 17.9 Å². The lowest BCUT2D eigenvalue weighted by molar-refractivity contribution is -0.138. The van der Waals surface area contributed by atoms with Crippen LogP contribution in [0.5, 0.6) is 0 Å². The lowest BCUT2D eigenvalue weighted by Gasteiger charge is -2.34. The van der Waals surface area contributed by atoms with E-state index in [1.54, 1.807) is 0 Å². The van der Waals surface area contributed by atoms with E-state index in [0.717, 1.165) is 68.9 Å². The molecule has 8 nitrogen and oxygen atoms in total. The Morgan fingerprint density at radius 3 is 2.55 bits per heavy atom. The van der Waals surface area contributed by atoms with Gasteiger partial charge in [-0.05, 0) is 23.1 Å². The number of nitrogens with zero attached hydrogens (tertiary/aromatic N) is 4. The molecule has 0 amide bonds. The molecule has 0 bridgehead atoms. The average molecular weight is 450 g/mol. The zero-order chi connectivity index (χ0) is 22.9. The third-order valence-corrected chi connectivity index (χ3v) is 5.94. The number of carboxylic acids is 1. The van der Waals surface area contributed by atoms with Crippen molar-refractivity contribution in [2.75, 3.05) is 45.8 Å². The molecule has 33 heavy (non-hydrogen) atoms. The fourth-order valence-electron chi connectivity index (χ4n) is 4.10. The van der Waals surface area contributed by atoms with Crippen LogP contribution in [-0.2, 0) is 16.1 Å². The van der Waals surface area contributed by atoms with Crippen molar-refractivity contribution in [3.63, 3.8) is 0 Å². The van der Waals surface area contributed by atoms with Crippen LogP contribution in [0.25, 0.3) is 0 Å². The molecule has 2 N–H and O–H groups in total. The van der Waals surface area contributed by atoms with Gasteiger partial charge in [-0.2, -0.15) is 5.10 Å². The molecule has 0 aromatic heterocycles. The summed E-state index contributed by atoms with van der Waals surface area (Å²) in [6.45, 7) is 4.99. The Balaban J connectivity index is 1.17. The number of nitrogens with one attached hydrogen (secondary N) is 1. The minimum Gasteiger partial charge on any atom is -0.480 e. The van der Waals surface area contributed by atoms with Gasteiger partial charge in [-0.15, -0.1) is 0 Å². The van der Waals surface area contributed by atoms with Gasteiger partial charge in [0.2, 0.25) is 0 Å². The molecule has 1 saturated heterocycles. The second kappa shape index (κ2) is 11.6. The number of carbonyl (C=O) groups is 1. The van der Waals surface area contributed by atoms with Crippen molar-refractivity contribution in [1.29, 1.82) is 0 Å². The van der Waals surface area contributed by atoms with Crippen LogP contribution in [0.3, 0.4) is 0 Å². The topological polar surface area (TPSA) is 89.8 Å². The summed E-state index contributed by atoms with van der Waals surface area (Å²) in [7, 11) is 0. The van der Waals surface area contributed by atoms with E-state index in [2.05, 4.69) is 44.8 Å². The van der Waals surface area contributed by atoms with Gasteiger partial charge in [-0.1, -0.05) is 59.8 Å². The lowest BCUT2D eigenvalue weighted by Crippen LogP contribution is -2.49. The van der Waals surface area contributed by atoms with E-state index in [0.29, 0.717) is 0 Å². The molecule has 2 aliphatic rings. The first-order valence-electron chi connectivity index (χ1n) is 11.5. The van der Waals surface area contributed by atoms with E-state index in [1.807, 2.05) is 41.4 Å². The summed E-state index contributed by atoms with van der Waals surface area (Å²) in [5.74, 6) is -0.766. The fourth-order valence-corrected chi connectivity index (χ4v) is 4.10. The quantitative estimate of drug-likeness (QED) is 0.328. The Labute approximate surface area is 194 Å². The van der Waals surface area contributed by atoms with Gasteiger partial charge in [0.25, 0.3) is 0 Å². The highest BCUT2D eigenvalue weighted by Gasteiger charge is 2.26. The Kier molecular flexibility index (Phi) is 8.05. The highest BCUT2D eigenvalue weighted by molar-refractivity contribution is 6.01. The maximum atomic E-state index is 10.8. The number of benzene rings is 2. The normalized spacial score (nSPS) is 19.4. The highest BCUT2D eigenvalue weighted by atomic mass is 16.6. The number of carboxylic acid groups (broad SMARTS) is 1. The smallest absolute Gasteiger partial charge is 0.317 e. The predicted molar refractivity (Wildman–Crippen MR) is 129 cm³/mol. The Bertz CT molecular complexity index is 954. The number of rotatable bonds is 10. The molecule has 1 fully saturated rings. The van der Waals surface area contributed by atoms with E-state index >= 15 is 0 Å². The summed E-state index contributed by atoms with van der Waals surface area (Å²) in [5, 5.41) is 17.5. The van der Waals surface area contributed by atoms with E-state index in [9.17, 15) is 4.79 Å². The van der Waals surface area contributed by atoms with Crippen molar-refractivity contribution in [3.05, 3.63) is 71.3 Å². The molecule has 4 rings (SSSR count). The van der Waals surface area contributed by atoms with Gasteiger partial charge in [-0.25, -0.2) is 0 Å². The Morgan fingerprint density at radius 2 is 1.82 bits per heavy atom. The van der Waals surface area contributed by atoms with Gasteiger partial charge >= 0.3 is 5.97 Å². The number of hydrazone groups is 1. The van der Waals surface area contributed by atoms with E-state index in [-0.39, 0.29) is 12.6 Å². The second-order valence-electron chi connectivity index (χ2n) is 8.46. The van der Waals surface area contributed by atoms with Crippen molar-refractivity contribution in [3.8, 4) is 0 Å². The zero-order valence-electron chi connectivity index (χ0n) is 18.8. The van der Waals surface area contributed by atoms with Crippen LogP contribution in [0.4, 0.5) is 0 Å². The molecule has 0 radical (unpaired) electrons. The van der Waals surface area contributed by atoms with Gasteiger partial charge in [-0.3, -0.25) is 14.6 Å². The maximum Gasteiger partial charge on any atom is 0.317 e. The highest BCUT2D eigenvalue weighted by Crippen LogP contribution is 2.18. The maximum absolute atomic E-state index is 10.8. The SMILES string of the molecule is O=C(O)CN1CCN(CC2CC(c3ccc(/C=N/NCCc4ccccc4)cc3)=NO2)CC1. The van der Waals surface area contributed by atoms with Gasteiger partial charge in [0.15, 0.2) is 0 Å². The van der Waals surface area contributed by atoms with E-state index in [1.165, 1.54) is 5.56 Å². The van der Waals surface area contributed by atoms with Crippen LogP contribution < -0.4 is 5.43 Å². The van der Waals surface area contributed by atoms with Crippen LogP contribution in [0.2, 0.25) is 0 Å². The third kappa shape index (κ3) is 7.13. The number of oxime groups is 1. The molecular formula is C25H31N5O3. The molecule has 2 heterocycles. The first-order valence-corrected chi connectivity index (χ1v) is 11.5. The van der Waals surface area contributed by atoms with Gasteiger partial charge in [0.05, 0.1) is 18.5 Å². The molecule has 1 unspecified atom stereocenters.